The Kier molecular flexibility index (Phi) is 5.30. The molecule has 4 nitrogen and oxygen atoms in total. The van der Waals surface area contributed by atoms with Crippen molar-refractivity contribution in [1.82, 2.24) is 5.32 Å². The largest absolute Gasteiger partial charge is 0.491 e. The average Bonchev–Trinajstić information content (AvgIpc) is 2.29. The zero-order valence-corrected chi connectivity index (χ0v) is 10.5. The van der Waals surface area contributed by atoms with Gasteiger partial charge in [-0.05, 0) is 31.5 Å². The molecule has 0 aliphatic rings. The fraction of sp³-hybridized carbons (Fsp3) is 0.385. The van der Waals surface area contributed by atoms with Gasteiger partial charge in [0.1, 0.15) is 5.78 Å². The third-order valence-corrected chi connectivity index (χ3v) is 2.20. The van der Waals surface area contributed by atoms with Crippen LogP contribution in [-0.2, 0) is 16.1 Å². The second-order valence-corrected chi connectivity index (χ2v) is 3.85. The molecule has 18 heavy (non-hydrogen) atoms. The minimum atomic E-state index is -0.463. The molecule has 1 rings (SSSR count). The van der Waals surface area contributed by atoms with Gasteiger partial charge in [-0.1, -0.05) is 6.07 Å². The number of ether oxygens (including phenoxy) is 1. The lowest BCUT2D eigenvalue weighted by atomic mass is 10.2. The first-order valence-electron chi connectivity index (χ1n) is 5.70. The van der Waals surface area contributed by atoms with Crippen LogP contribution in [0.5, 0.6) is 5.75 Å². The summed E-state index contributed by atoms with van der Waals surface area (Å²) in [6, 6.07) is 4.49. The van der Waals surface area contributed by atoms with E-state index in [2.05, 4.69) is 5.32 Å². The molecular formula is C13H16FNO3. The van der Waals surface area contributed by atoms with Crippen LogP contribution in [-0.4, -0.2) is 18.3 Å². The van der Waals surface area contributed by atoms with Crippen molar-refractivity contribution < 1.29 is 18.7 Å². The van der Waals surface area contributed by atoms with Gasteiger partial charge in [0, 0.05) is 6.54 Å². The first-order chi connectivity index (χ1) is 8.52. The van der Waals surface area contributed by atoms with E-state index in [-0.39, 0.29) is 30.4 Å². The smallest absolute Gasteiger partial charge is 0.227 e. The van der Waals surface area contributed by atoms with Gasteiger partial charge in [0.15, 0.2) is 11.6 Å². The van der Waals surface area contributed by atoms with Gasteiger partial charge in [0.25, 0.3) is 0 Å². The van der Waals surface area contributed by atoms with Crippen LogP contribution in [0.1, 0.15) is 25.8 Å². The number of amides is 1. The second kappa shape index (κ2) is 6.74. The van der Waals surface area contributed by atoms with E-state index in [9.17, 15) is 14.0 Å². The number of halogens is 1. The number of carbonyl (C=O) groups is 2. The van der Waals surface area contributed by atoms with Crippen molar-refractivity contribution in [2.24, 2.45) is 0 Å². The number of rotatable bonds is 6. The predicted molar refractivity (Wildman–Crippen MR) is 64.7 cm³/mol. The number of benzene rings is 1. The molecule has 0 aliphatic heterocycles. The Morgan fingerprint density at radius 1 is 1.39 bits per heavy atom. The predicted octanol–water partition coefficient (Wildman–Crippen LogP) is 1.82. The van der Waals surface area contributed by atoms with Gasteiger partial charge in [-0.15, -0.1) is 0 Å². The first-order valence-corrected chi connectivity index (χ1v) is 5.70. The Morgan fingerprint density at radius 3 is 2.67 bits per heavy atom. The Labute approximate surface area is 105 Å². The molecule has 0 radical (unpaired) electrons. The van der Waals surface area contributed by atoms with Crippen LogP contribution in [0.25, 0.3) is 0 Å². The van der Waals surface area contributed by atoms with E-state index in [0.29, 0.717) is 12.2 Å². The van der Waals surface area contributed by atoms with E-state index in [4.69, 9.17) is 4.74 Å². The highest BCUT2D eigenvalue weighted by Crippen LogP contribution is 2.18. The average molecular weight is 253 g/mol. The van der Waals surface area contributed by atoms with E-state index in [1.165, 1.54) is 19.1 Å². The fourth-order valence-corrected chi connectivity index (χ4v) is 1.42. The van der Waals surface area contributed by atoms with E-state index in [0.717, 1.165) is 0 Å². The maximum Gasteiger partial charge on any atom is 0.227 e. The Balaban J connectivity index is 2.55. The summed E-state index contributed by atoms with van der Waals surface area (Å²) >= 11 is 0. The number of hydrogen-bond donors (Lipinski definition) is 1. The summed E-state index contributed by atoms with van der Waals surface area (Å²) in [7, 11) is 0. The standard InChI is InChI=1S/C13H16FNO3/c1-3-18-12-5-4-10(7-11(12)14)8-15-13(17)6-9(2)16/h4-5,7H,3,6,8H2,1-2H3,(H,15,17). The summed E-state index contributed by atoms with van der Waals surface area (Å²) in [4.78, 5) is 21.9. The third kappa shape index (κ3) is 4.53. The van der Waals surface area contributed by atoms with Crippen molar-refractivity contribution in [2.75, 3.05) is 6.61 Å². The third-order valence-electron chi connectivity index (χ3n) is 2.20. The highest BCUT2D eigenvalue weighted by Gasteiger charge is 2.07. The minimum absolute atomic E-state index is 0.153. The highest BCUT2D eigenvalue weighted by atomic mass is 19.1. The molecule has 5 heteroatoms. The quantitative estimate of drug-likeness (QED) is 0.787. The SMILES string of the molecule is CCOc1ccc(CNC(=O)CC(C)=O)cc1F. The van der Waals surface area contributed by atoms with Crippen molar-refractivity contribution in [3.63, 3.8) is 0 Å². The zero-order chi connectivity index (χ0) is 13.5. The molecule has 0 heterocycles. The summed E-state index contributed by atoms with van der Waals surface area (Å²) in [6.45, 7) is 3.70. The maximum atomic E-state index is 13.5. The van der Waals surface area contributed by atoms with Crippen LogP contribution >= 0.6 is 0 Å². The first kappa shape index (κ1) is 14.2. The summed E-state index contributed by atoms with van der Waals surface area (Å²) < 4.78 is 18.5. The Morgan fingerprint density at radius 2 is 2.11 bits per heavy atom. The lowest BCUT2D eigenvalue weighted by molar-refractivity contribution is -0.127. The molecule has 0 atom stereocenters. The molecule has 0 aromatic heterocycles. The molecule has 0 fully saturated rings. The maximum absolute atomic E-state index is 13.5. The molecule has 0 saturated heterocycles. The fourth-order valence-electron chi connectivity index (χ4n) is 1.42. The molecule has 0 bridgehead atoms. The van der Waals surface area contributed by atoms with Crippen LogP contribution in [0.15, 0.2) is 18.2 Å². The number of hydrogen-bond acceptors (Lipinski definition) is 3. The normalized spacial score (nSPS) is 9.94. The van der Waals surface area contributed by atoms with Crippen molar-refractivity contribution in [1.29, 1.82) is 0 Å². The molecule has 1 aromatic rings. The Hall–Kier alpha value is -1.91. The number of Topliss-reactive ketones (excluding diaryl/α,β-unsaturated/α-hetero) is 1. The lowest BCUT2D eigenvalue weighted by Gasteiger charge is -2.07. The topological polar surface area (TPSA) is 55.4 Å². The molecule has 0 unspecified atom stereocenters. The van der Waals surface area contributed by atoms with Gasteiger partial charge in [0.2, 0.25) is 5.91 Å². The van der Waals surface area contributed by atoms with Crippen molar-refractivity contribution >= 4 is 11.7 Å². The monoisotopic (exact) mass is 253 g/mol. The molecule has 1 aromatic carbocycles. The number of nitrogens with one attached hydrogen (secondary N) is 1. The Bertz CT molecular complexity index is 446. The van der Waals surface area contributed by atoms with Gasteiger partial charge < -0.3 is 10.1 Å². The van der Waals surface area contributed by atoms with Gasteiger partial charge in [-0.25, -0.2) is 4.39 Å². The molecule has 1 amide bonds. The van der Waals surface area contributed by atoms with Crippen LogP contribution in [0.2, 0.25) is 0 Å². The van der Waals surface area contributed by atoms with Crippen molar-refractivity contribution in [3.8, 4) is 5.75 Å². The molecule has 0 aliphatic carbocycles. The minimum Gasteiger partial charge on any atom is -0.491 e. The van der Waals surface area contributed by atoms with Crippen molar-refractivity contribution in [2.45, 2.75) is 26.8 Å². The summed E-state index contributed by atoms with van der Waals surface area (Å²) in [5, 5.41) is 2.54. The van der Waals surface area contributed by atoms with E-state index < -0.39 is 5.82 Å². The molecular weight excluding hydrogens is 237 g/mol. The van der Waals surface area contributed by atoms with E-state index in [1.807, 2.05) is 0 Å². The van der Waals surface area contributed by atoms with Crippen molar-refractivity contribution in [3.05, 3.63) is 29.6 Å². The van der Waals surface area contributed by atoms with E-state index in [1.54, 1.807) is 13.0 Å². The molecule has 98 valence electrons. The molecule has 1 N–H and O–H groups in total. The number of carbonyl (C=O) groups excluding carboxylic acids is 2. The van der Waals surface area contributed by atoms with Gasteiger partial charge in [0.05, 0.1) is 13.0 Å². The van der Waals surface area contributed by atoms with Crippen LogP contribution < -0.4 is 10.1 Å². The zero-order valence-electron chi connectivity index (χ0n) is 10.5. The van der Waals surface area contributed by atoms with Gasteiger partial charge >= 0.3 is 0 Å². The molecule has 0 spiro atoms. The highest BCUT2D eigenvalue weighted by molar-refractivity contribution is 5.96. The van der Waals surface area contributed by atoms with E-state index >= 15 is 0 Å². The number of ketones is 1. The summed E-state index contributed by atoms with van der Waals surface area (Å²) in [5.74, 6) is -0.839. The van der Waals surface area contributed by atoms with Crippen LogP contribution in [0.4, 0.5) is 4.39 Å². The lowest BCUT2D eigenvalue weighted by Crippen LogP contribution is -2.24. The van der Waals surface area contributed by atoms with Crippen LogP contribution in [0, 0.1) is 5.82 Å². The van der Waals surface area contributed by atoms with Gasteiger partial charge in [-0.3, -0.25) is 9.59 Å². The molecule has 0 saturated carbocycles. The summed E-state index contributed by atoms with van der Waals surface area (Å²) in [5.41, 5.74) is 0.618. The second-order valence-electron chi connectivity index (χ2n) is 3.85. The summed E-state index contributed by atoms with van der Waals surface area (Å²) in [6.07, 6.45) is -0.153. The van der Waals surface area contributed by atoms with Crippen LogP contribution in [0.3, 0.4) is 0 Å². The van der Waals surface area contributed by atoms with Gasteiger partial charge in [-0.2, -0.15) is 0 Å².